The first-order valence-corrected chi connectivity index (χ1v) is 8.81. The Bertz CT molecular complexity index is 528. The van der Waals surface area contributed by atoms with Crippen LogP contribution in [-0.4, -0.2) is 38.5 Å². The van der Waals surface area contributed by atoms with Gasteiger partial charge < -0.3 is 9.15 Å². The Hall–Kier alpha value is -0.560. The first kappa shape index (κ1) is 15.8. The lowest BCUT2D eigenvalue weighted by Crippen LogP contribution is -2.43. The molecule has 20 heavy (non-hydrogen) atoms. The first-order chi connectivity index (χ1) is 9.57. The summed E-state index contributed by atoms with van der Waals surface area (Å²) in [6.07, 6.45) is 2.61. The van der Waals surface area contributed by atoms with Gasteiger partial charge in [-0.15, -0.1) is 11.6 Å². The molecular formula is C13H20ClNO4S. The molecule has 0 amide bonds. The number of ether oxygens (including phenoxy) is 1. The third kappa shape index (κ3) is 3.55. The summed E-state index contributed by atoms with van der Waals surface area (Å²) in [6.45, 7) is 3.59. The van der Waals surface area contributed by atoms with Crippen molar-refractivity contribution in [1.82, 2.24) is 4.31 Å². The Labute approximate surface area is 124 Å². The van der Waals surface area contributed by atoms with Gasteiger partial charge in [0.05, 0.1) is 12.0 Å². The molecule has 114 valence electrons. The van der Waals surface area contributed by atoms with Gasteiger partial charge in [0.1, 0.15) is 5.76 Å². The lowest BCUT2D eigenvalue weighted by molar-refractivity contribution is 0.0190. The Morgan fingerprint density at radius 2 is 2.30 bits per heavy atom. The Balaban J connectivity index is 2.08. The van der Waals surface area contributed by atoms with Crippen LogP contribution in [0, 0.1) is 0 Å². The van der Waals surface area contributed by atoms with Gasteiger partial charge in [-0.3, -0.25) is 0 Å². The van der Waals surface area contributed by atoms with E-state index < -0.39 is 10.0 Å². The number of sulfonamides is 1. The van der Waals surface area contributed by atoms with Crippen molar-refractivity contribution in [3.8, 4) is 0 Å². The second-order valence-corrected chi connectivity index (χ2v) is 6.99. The highest BCUT2D eigenvalue weighted by atomic mass is 35.5. The summed E-state index contributed by atoms with van der Waals surface area (Å²) in [5.41, 5.74) is 0. The van der Waals surface area contributed by atoms with Crippen LogP contribution >= 0.6 is 11.6 Å². The number of halogens is 1. The maximum Gasteiger partial charge on any atom is 0.276 e. The van der Waals surface area contributed by atoms with Crippen LogP contribution in [0.4, 0.5) is 0 Å². The molecule has 0 bridgehead atoms. The van der Waals surface area contributed by atoms with Crippen molar-refractivity contribution < 1.29 is 17.6 Å². The quantitative estimate of drug-likeness (QED) is 0.756. The minimum atomic E-state index is -3.58. The minimum Gasteiger partial charge on any atom is -0.447 e. The topological polar surface area (TPSA) is 59.8 Å². The number of furan rings is 1. The van der Waals surface area contributed by atoms with Crippen molar-refractivity contribution in [3.63, 3.8) is 0 Å². The number of nitrogens with zero attached hydrogens (tertiary/aromatic N) is 1. The van der Waals surface area contributed by atoms with Gasteiger partial charge in [0.15, 0.2) is 0 Å². The van der Waals surface area contributed by atoms with Crippen molar-refractivity contribution in [2.24, 2.45) is 0 Å². The summed E-state index contributed by atoms with van der Waals surface area (Å²) in [7, 11) is -3.58. The fourth-order valence-corrected chi connectivity index (χ4v) is 3.82. The third-order valence-corrected chi connectivity index (χ3v) is 5.26. The summed E-state index contributed by atoms with van der Waals surface area (Å²) < 4.78 is 37.3. The Morgan fingerprint density at radius 3 is 2.95 bits per heavy atom. The molecule has 1 unspecified atom stereocenters. The average molecular weight is 322 g/mol. The normalized spacial score (nSPS) is 21.2. The summed E-state index contributed by atoms with van der Waals surface area (Å²) >= 11 is 5.63. The first-order valence-electron chi connectivity index (χ1n) is 6.84. The molecule has 2 rings (SSSR count). The monoisotopic (exact) mass is 321 g/mol. The van der Waals surface area contributed by atoms with Crippen molar-refractivity contribution in [1.29, 1.82) is 0 Å². The van der Waals surface area contributed by atoms with E-state index >= 15 is 0 Å². The molecule has 0 radical (unpaired) electrons. The van der Waals surface area contributed by atoms with E-state index in [1.165, 1.54) is 10.4 Å². The molecule has 7 heteroatoms. The summed E-state index contributed by atoms with van der Waals surface area (Å²) in [5, 5.41) is -0.0377. The number of alkyl halides is 1. The zero-order valence-electron chi connectivity index (χ0n) is 11.5. The van der Waals surface area contributed by atoms with E-state index in [9.17, 15) is 8.42 Å². The smallest absolute Gasteiger partial charge is 0.276 e. The number of rotatable bonds is 6. The second kappa shape index (κ2) is 6.93. The van der Waals surface area contributed by atoms with E-state index in [-0.39, 0.29) is 17.1 Å². The van der Waals surface area contributed by atoms with E-state index in [4.69, 9.17) is 20.8 Å². The standard InChI is InChI=1S/C13H20ClNO4S/c1-2-8-18-12-4-3-7-15(10-12)20(16,17)13-6-5-11(9-14)19-13/h5-6,12H,2-4,7-10H2,1H3. The van der Waals surface area contributed by atoms with E-state index in [0.29, 0.717) is 25.5 Å². The maximum absolute atomic E-state index is 12.5. The molecule has 1 fully saturated rings. The molecular weight excluding hydrogens is 302 g/mol. The lowest BCUT2D eigenvalue weighted by Gasteiger charge is -2.31. The zero-order chi connectivity index (χ0) is 14.6. The van der Waals surface area contributed by atoms with E-state index in [0.717, 1.165) is 19.3 Å². The molecule has 1 saturated heterocycles. The highest BCUT2D eigenvalue weighted by Gasteiger charge is 2.32. The molecule has 1 aliphatic heterocycles. The molecule has 0 aromatic carbocycles. The molecule has 0 aliphatic carbocycles. The summed E-state index contributed by atoms with van der Waals surface area (Å²) in [6, 6.07) is 3.05. The largest absolute Gasteiger partial charge is 0.447 e. The predicted molar refractivity (Wildman–Crippen MR) is 76.3 cm³/mol. The fraction of sp³-hybridized carbons (Fsp3) is 0.692. The minimum absolute atomic E-state index is 0.0269. The molecule has 0 spiro atoms. The lowest BCUT2D eigenvalue weighted by atomic mass is 10.1. The van der Waals surface area contributed by atoms with Crippen LogP contribution in [0.15, 0.2) is 21.6 Å². The van der Waals surface area contributed by atoms with Gasteiger partial charge in [-0.05, 0) is 31.4 Å². The van der Waals surface area contributed by atoms with Crippen LogP contribution in [0.1, 0.15) is 31.9 Å². The number of hydrogen-bond donors (Lipinski definition) is 0. The maximum atomic E-state index is 12.5. The average Bonchev–Trinajstić information content (AvgIpc) is 2.95. The van der Waals surface area contributed by atoms with Crippen molar-refractivity contribution in [2.45, 2.75) is 43.3 Å². The molecule has 1 aromatic rings. The zero-order valence-corrected chi connectivity index (χ0v) is 13.1. The van der Waals surface area contributed by atoms with Crippen molar-refractivity contribution in [2.75, 3.05) is 19.7 Å². The second-order valence-electron chi connectivity index (χ2n) is 4.85. The van der Waals surface area contributed by atoms with Gasteiger partial charge >= 0.3 is 0 Å². The molecule has 1 aliphatic rings. The van der Waals surface area contributed by atoms with Crippen LogP contribution in [0.5, 0.6) is 0 Å². The summed E-state index contributed by atoms with van der Waals surface area (Å²) in [4.78, 5) is 0. The SMILES string of the molecule is CCCOC1CCCN(S(=O)(=O)c2ccc(CCl)o2)C1. The van der Waals surface area contributed by atoms with Crippen molar-refractivity contribution >= 4 is 21.6 Å². The van der Waals surface area contributed by atoms with Crippen LogP contribution in [0.25, 0.3) is 0 Å². The highest BCUT2D eigenvalue weighted by Crippen LogP contribution is 2.24. The molecule has 1 atom stereocenters. The number of hydrogen-bond acceptors (Lipinski definition) is 4. The number of piperidine rings is 1. The molecule has 5 nitrogen and oxygen atoms in total. The van der Waals surface area contributed by atoms with Gasteiger partial charge in [0.2, 0.25) is 5.09 Å². The fourth-order valence-electron chi connectivity index (χ4n) is 2.24. The van der Waals surface area contributed by atoms with Crippen LogP contribution < -0.4 is 0 Å². The Morgan fingerprint density at radius 1 is 1.50 bits per heavy atom. The van der Waals surface area contributed by atoms with Gasteiger partial charge in [-0.1, -0.05) is 6.92 Å². The van der Waals surface area contributed by atoms with E-state index in [2.05, 4.69) is 0 Å². The van der Waals surface area contributed by atoms with Crippen LogP contribution in [-0.2, 0) is 20.6 Å². The molecule has 1 aromatic heterocycles. The predicted octanol–water partition coefficient (Wildman–Crippen LogP) is 2.60. The van der Waals surface area contributed by atoms with Crippen molar-refractivity contribution in [3.05, 3.63) is 17.9 Å². The Kier molecular flexibility index (Phi) is 5.49. The molecule has 0 N–H and O–H groups in total. The molecule has 0 saturated carbocycles. The molecule has 2 heterocycles. The van der Waals surface area contributed by atoms with Gasteiger partial charge in [0, 0.05) is 19.7 Å². The van der Waals surface area contributed by atoms with Gasteiger partial charge in [-0.25, -0.2) is 8.42 Å². The van der Waals surface area contributed by atoms with Gasteiger partial charge in [-0.2, -0.15) is 4.31 Å². The third-order valence-electron chi connectivity index (χ3n) is 3.26. The highest BCUT2D eigenvalue weighted by molar-refractivity contribution is 7.89. The van der Waals surface area contributed by atoms with E-state index in [1.54, 1.807) is 6.07 Å². The van der Waals surface area contributed by atoms with Crippen LogP contribution in [0.3, 0.4) is 0 Å². The van der Waals surface area contributed by atoms with E-state index in [1.807, 2.05) is 6.92 Å². The van der Waals surface area contributed by atoms with Crippen LogP contribution in [0.2, 0.25) is 0 Å². The summed E-state index contributed by atoms with van der Waals surface area (Å²) in [5.74, 6) is 0.624. The van der Waals surface area contributed by atoms with Gasteiger partial charge in [0.25, 0.3) is 10.0 Å².